The lowest BCUT2D eigenvalue weighted by Crippen LogP contribution is -2.48. The lowest BCUT2D eigenvalue weighted by Gasteiger charge is -2.21. The van der Waals surface area contributed by atoms with Crippen LogP contribution in [0.5, 0.6) is 0 Å². The number of amides is 1. The molecular formula is C42H75NO4. The zero-order valence-corrected chi connectivity index (χ0v) is 30.6. The van der Waals surface area contributed by atoms with Crippen LogP contribution in [-0.2, 0) is 4.79 Å². The predicted molar refractivity (Wildman–Crippen MR) is 204 cm³/mol. The van der Waals surface area contributed by atoms with Crippen molar-refractivity contribution < 1.29 is 20.1 Å². The Labute approximate surface area is 290 Å². The fraction of sp³-hybridized carbons (Fsp3) is 0.738. The monoisotopic (exact) mass is 658 g/mol. The van der Waals surface area contributed by atoms with Gasteiger partial charge in [-0.3, -0.25) is 4.79 Å². The minimum absolute atomic E-state index is 0.386. The predicted octanol–water partition coefficient (Wildman–Crippen LogP) is 10.8. The van der Waals surface area contributed by atoms with Crippen molar-refractivity contribution in [3.05, 3.63) is 60.8 Å². The van der Waals surface area contributed by atoms with Crippen molar-refractivity contribution in [1.82, 2.24) is 5.32 Å². The van der Waals surface area contributed by atoms with Crippen LogP contribution in [0.3, 0.4) is 0 Å². The van der Waals surface area contributed by atoms with Crippen molar-refractivity contribution in [2.45, 2.75) is 193 Å². The standard InChI is InChI=1S/C42H75NO4/c1-3-5-7-9-11-13-15-17-19-20-21-23-25-27-29-31-33-35-37-41(46)42(47)43-39(38-44)40(45)36-34-32-30-28-26-24-22-18-16-14-12-10-8-6-4-2/h11,13,15-18,26,28,34,36,39-41,44-46H,3-10,12,14,19-25,27,29-33,35,37-38H2,1-2H3,(H,43,47)/b13-11-,17-15-,18-16+,28-26+,36-34+. The summed E-state index contributed by atoms with van der Waals surface area (Å²) in [5, 5.41) is 33.0. The van der Waals surface area contributed by atoms with E-state index in [1.54, 1.807) is 6.08 Å². The van der Waals surface area contributed by atoms with E-state index in [0.29, 0.717) is 6.42 Å². The van der Waals surface area contributed by atoms with Crippen molar-refractivity contribution in [3.63, 3.8) is 0 Å². The third-order valence-electron chi connectivity index (χ3n) is 8.59. The molecule has 3 unspecified atom stereocenters. The van der Waals surface area contributed by atoms with Gasteiger partial charge in [0.15, 0.2) is 0 Å². The molecule has 3 atom stereocenters. The van der Waals surface area contributed by atoms with E-state index in [2.05, 4.69) is 67.8 Å². The number of nitrogens with one attached hydrogen (secondary N) is 1. The van der Waals surface area contributed by atoms with E-state index in [4.69, 9.17) is 0 Å². The average Bonchev–Trinajstić information content (AvgIpc) is 3.07. The Morgan fingerprint density at radius 1 is 0.532 bits per heavy atom. The molecule has 0 saturated carbocycles. The number of carbonyl (C=O) groups excluding carboxylic acids is 1. The normalized spacial score (nSPS) is 14.4. The van der Waals surface area contributed by atoms with Crippen LogP contribution in [0.4, 0.5) is 0 Å². The minimum Gasteiger partial charge on any atom is -0.394 e. The highest BCUT2D eigenvalue weighted by atomic mass is 16.3. The topological polar surface area (TPSA) is 89.8 Å². The van der Waals surface area contributed by atoms with E-state index in [9.17, 15) is 20.1 Å². The van der Waals surface area contributed by atoms with Gasteiger partial charge in [-0.25, -0.2) is 0 Å². The summed E-state index contributed by atoms with van der Waals surface area (Å²) < 4.78 is 0. The highest BCUT2D eigenvalue weighted by Gasteiger charge is 2.22. The third kappa shape index (κ3) is 32.4. The fourth-order valence-electron chi connectivity index (χ4n) is 5.44. The summed E-state index contributed by atoms with van der Waals surface area (Å²) in [6.07, 6.45) is 48.0. The smallest absolute Gasteiger partial charge is 0.249 e. The quantitative estimate of drug-likeness (QED) is 0.0315. The molecule has 47 heavy (non-hydrogen) atoms. The molecule has 4 N–H and O–H groups in total. The molecule has 1 amide bonds. The van der Waals surface area contributed by atoms with Crippen molar-refractivity contribution >= 4 is 5.91 Å². The maximum Gasteiger partial charge on any atom is 0.249 e. The molecule has 0 heterocycles. The van der Waals surface area contributed by atoms with Crippen molar-refractivity contribution in [2.75, 3.05) is 6.61 Å². The molecule has 5 heteroatoms. The first-order chi connectivity index (χ1) is 23.1. The first kappa shape index (κ1) is 45.0. The van der Waals surface area contributed by atoms with Crippen LogP contribution < -0.4 is 5.32 Å². The Balaban J connectivity index is 3.81. The minimum atomic E-state index is -1.11. The molecule has 0 aromatic heterocycles. The first-order valence-electron chi connectivity index (χ1n) is 19.6. The fourth-order valence-corrected chi connectivity index (χ4v) is 5.44. The Hall–Kier alpha value is -1.95. The molecule has 0 fully saturated rings. The van der Waals surface area contributed by atoms with Crippen LogP contribution in [-0.4, -0.2) is 46.1 Å². The molecular weight excluding hydrogens is 582 g/mol. The van der Waals surface area contributed by atoms with Crippen LogP contribution in [0.2, 0.25) is 0 Å². The van der Waals surface area contributed by atoms with Gasteiger partial charge in [0, 0.05) is 0 Å². The number of allylic oxidation sites excluding steroid dienone is 9. The van der Waals surface area contributed by atoms with Crippen LogP contribution in [0.15, 0.2) is 60.8 Å². The van der Waals surface area contributed by atoms with E-state index in [1.165, 1.54) is 109 Å². The van der Waals surface area contributed by atoms with Crippen LogP contribution in [0.1, 0.15) is 174 Å². The number of hydrogen-bond donors (Lipinski definition) is 4. The van der Waals surface area contributed by atoms with Crippen LogP contribution in [0, 0.1) is 0 Å². The van der Waals surface area contributed by atoms with Gasteiger partial charge in [0.2, 0.25) is 5.91 Å². The number of unbranched alkanes of at least 4 members (excludes halogenated alkanes) is 19. The van der Waals surface area contributed by atoms with Gasteiger partial charge in [-0.2, -0.15) is 0 Å². The molecule has 0 spiro atoms. The Morgan fingerprint density at radius 2 is 0.936 bits per heavy atom. The SMILES string of the molecule is CCCCC/C=C\C=C/CCCCCCCCCCCC(O)C(=O)NC(CO)C(O)/C=C/CC/C=C/CC/C=C/CCCCCCC. The van der Waals surface area contributed by atoms with Gasteiger partial charge in [0.05, 0.1) is 18.8 Å². The summed E-state index contributed by atoms with van der Waals surface area (Å²) in [5.41, 5.74) is 0. The highest BCUT2D eigenvalue weighted by Crippen LogP contribution is 2.13. The number of aliphatic hydroxyl groups excluding tert-OH is 3. The Morgan fingerprint density at radius 3 is 1.47 bits per heavy atom. The van der Waals surface area contributed by atoms with Crippen LogP contribution >= 0.6 is 0 Å². The van der Waals surface area contributed by atoms with Gasteiger partial charge in [0.1, 0.15) is 6.10 Å². The van der Waals surface area contributed by atoms with Gasteiger partial charge in [-0.15, -0.1) is 0 Å². The largest absolute Gasteiger partial charge is 0.394 e. The molecule has 0 saturated heterocycles. The average molecular weight is 658 g/mol. The number of aliphatic hydroxyl groups is 3. The zero-order valence-electron chi connectivity index (χ0n) is 30.6. The van der Waals surface area contributed by atoms with E-state index in [0.717, 1.165) is 44.9 Å². The molecule has 0 aliphatic heterocycles. The van der Waals surface area contributed by atoms with Gasteiger partial charge in [-0.1, -0.05) is 164 Å². The van der Waals surface area contributed by atoms with Gasteiger partial charge in [-0.05, 0) is 70.6 Å². The lowest BCUT2D eigenvalue weighted by molar-refractivity contribution is -0.131. The molecule has 0 aromatic carbocycles. The third-order valence-corrected chi connectivity index (χ3v) is 8.59. The summed E-state index contributed by atoms with van der Waals surface area (Å²) in [4.78, 5) is 12.4. The zero-order chi connectivity index (χ0) is 34.5. The maximum absolute atomic E-state index is 12.4. The molecule has 0 aliphatic rings. The Kier molecular flexibility index (Phi) is 35.3. The summed E-state index contributed by atoms with van der Waals surface area (Å²) in [6, 6.07) is -0.824. The van der Waals surface area contributed by atoms with E-state index >= 15 is 0 Å². The molecule has 0 aliphatic carbocycles. The second-order valence-electron chi connectivity index (χ2n) is 13.1. The second-order valence-corrected chi connectivity index (χ2v) is 13.1. The molecule has 5 nitrogen and oxygen atoms in total. The number of carbonyl (C=O) groups is 1. The molecule has 272 valence electrons. The van der Waals surface area contributed by atoms with Gasteiger partial charge >= 0.3 is 0 Å². The van der Waals surface area contributed by atoms with Crippen LogP contribution in [0.25, 0.3) is 0 Å². The van der Waals surface area contributed by atoms with Gasteiger partial charge < -0.3 is 20.6 Å². The van der Waals surface area contributed by atoms with E-state index in [1.807, 2.05) is 6.08 Å². The molecule has 0 aromatic rings. The summed E-state index contributed by atoms with van der Waals surface area (Å²) in [5.74, 6) is -0.525. The summed E-state index contributed by atoms with van der Waals surface area (Å²) in [7, 11) is 0. The molecule has 0 bridgehead atoms. The highest BCUT2D eigenvalue weighted by molar-refractivity contribution is 5.80. The molecule has 0 rings (SSSR count). The Bertz CT molecular complexity index is 815. The van der Waals surface area contributed by atoms with Crippen molar-refractivity contribution in [3.8, 4) is 0 Å². The summed E-state index contributed by atoms with van der Waals surface area (Å²) >= 11 is 0. The number of hydrogen-bond acceptors (Lipinski definition) is 4. The first-order valence-corrected chi connectivity index (χ1v) is 19.6. The van der Waals surface area contributed by atoms with E-state index in [-0.39, 0.29) is 6.61 Å². The maximum atomic E-state index is 12.4. The molecule has 0 radical (unpaired) electrons. The van der Waals surface area contributed by atoms with Crippen molar-refractivity contribution in [1.29, 1.82) is 0 Å². The number of rotatable bonds is 34. The summed E-state index contributed by atoms with van der Waals surface area (Å²) in [6.45, 7) is 4.10. The van der Waals surface area contributed by atoms with E-state index < -0.39 is 24.2 Å². The van der Waals surface area contributed by atoms with Crippen molar-refractivity contribution in [2.24, 2.45) is 0 Å². The lowest BCUT2D eigenvalue weighted by atomic mass is 10.0. The van der Waals surface area contributed by atoms with Gasteiger partial charge in [0.25, 0.3) is 0 Å². The second kappa shape index (κ2) is 36.9.